The van der Waals surface area contributed by atoms with Crippen LogP contribution < -0.4 is 11.2 Å². The number of hydrogen-bond donors (Lipinski definition) is 1. The summed E-state index contributed by atoms with van der Waals surface area (Å²) < 4.78 is 4.39. The number of benzene rings is 2. The normalized spacial score (nSPS) is 11.9. The van der Waals surface area contributed by atoms with Gasteiger partial charge < -0.3 is 9.67 Å². The predicted molar refractivity (Wildman–Crippen MR) is 120 cm³/mol. The van der Waals surface area contributed by atoms with E-state index in [9.17, 15) is 14.7 Å². The lowest BCUT2D eigenvalue weighted by atomic mass is 9.87. The molecule has 2 heterocycles. The fourth-order valence-electron chi connectivity index (χ4n) is 3.79. The molecule has 0 aliphatic heterocycles. The Morgan fingerprint density at radius 1 is 0.900 bits per heavy atom. The van der Waals surface area contributed by atoms with Crippen molar-refractivity contribution in [3.05, 3.63) is 81.1 Å². The summed E-state index contributed by atoms with van der Waals surface area (Å²) in [4.78, 5) is 25.6. The van der Waals surface area contributed by atoms with Crippen LogP contribution in [0, 0.1) is 0 Å². The van der Waals surface area contributed by atoms with Gasteiger partial charge in [-0.3, -0.25) is 13.9 Å². The molecule has 2 aromatic carbocycles. The fraction of sp³-hybridized carbons (Fsp3) is 0.250. The maximum absolute atomic E-state index is 13.1. The number of hydrogen-bond acceptors (Lipinski definition) is 3. The molecule has 0 fully saturated rings. The smallest absolute Gasteiger partial charge is 0.330 e. The van der Waals surface area contributed by atoms with Crippen molar-refractivity contribution in [2.75, 3.05) is 0 Å². The highest BCUT2D eigenvalue weighted by Crippen LogP contribution is 2.36. The van der Waals surface area contributed by atoms with E-state index in [4.69, 9.17) is 0 Å². The van der Waals surface area contributed by atoms with Gasteiger partial charge in [0, 0.05) is 20.3 Å². The first kappa shape index (κ1) is 19.8. The first-order valence-electron chi connectivity index (χ1n) is 9.81. The number of aromatic nitrogens is 3. The lowest BCUT2D eigenvalue weighted by molar-refractivity contribution is 0.471. The zero-order chi connectivity index (χ0) is 21.8. The molecule has 1 N–H and O–H groups in total. The third kappa shape index (κ3) is 2.96. The van der Waals surface area contributed by atoms with E-state index in [1.54, 1.807) is 19.3 Å². The van der Waals surface area contributed by atoms with E-state index in [-0.39, 0.29) is 16.7 Å². The van der Waals surface area contributed by atoms with Crippen molar-refractivity contribution in [3.63, 3.8) is 0 Å². The number of phenolic OH excluding ortho intramolecular Hbond substituents is 1. The van der Waals surface area contributed by atoms with E-state index in [1.165, 1.54) is 11.6 Å². The Bertz CT molecular complexity index is 1380. The minimum Gasteiger partial charge on any atom is -0.506 e. The van der Waals surface area contributed by atoms with Crippen molar-refractivity contribution in [2.45, 2.75) is 26.2 Å². The Morgan fingerprint density at radius 2 is 1.57 bits per heavy atom. The molecule has 0 amide bonds. The van der Waals surface area contributed by atoms with Crippen molar-refractivity contribution >= 4 is 10.9 Å². The fourth-order valence-corrected chi connectivity index (χ4v) is 3.79. The molecule has 4 rings (SSSR count). The van der Waals surface area contributed by atoms with E-state index in [0.717, 1.165) is 15.7 Å². The summed E-state index contributed by atoms with van der Waals surface area (Å²) in [5.74, 6) is 0.0994. The zero-order valence-electron chi connectivity index (χ0n) is 17.8. The van der Waals surface area contributed by atoms with Crippen LogP contribution in [0.4, 0.5) is 0 Å². The van der Waals surface area contributed by atoms with Crippen LogP contribution in [0.1, 0.15) is 26.3 Å². The van der Waals surface area contributed by atoms with E-state index in [1.807, 2.05) is 47.0 Å². The van der Waals surface area contributed by atoms with E-state index in [0.29, 0.717) is 22.3 Å². The summed E-state index contributed by atoms with van der Waals surface area (Å²) in [7, 11) is 3.13. The number of aromatic hydroxyl groups is 1. The monoisotopic (exact) mass is 403 g/mol. The van der Waals surface area contributed by atoms with Crippen LogP contribution in [0.25, 0.3) is 27.8 Å². The van der Waals surface area contributed by atoms with E-state index in [2.05, 4.69) is 20.8 Å². The molecule has 0 bridgehead atoms. The molecule has 4 aromatic rings. The van der Waals surface area contributed by atoms with Crippen molar-refractivity contribution in [1.29, 1.82) is 0 Å². The maximum Gasteiger partial charge on any atom is 0.330 e. The average Bonchev–Trinajstić information content (AvgIpc) is 3.11. The Hall–Kier alpha value is -3.54. The average molecular weight is 403 g/mol. The number of aryl methyl sites for hydroxylation is 1. The van der Waals surface area contributed by atoms with Gasteiger partial charge in [0.2, 0.25) is 0 Å². The minimum absolute atomic E-state index is 0.0994. The molecular formula is C24H25N3O3. The van der Waals surface area contributed by atoms with E-state index < -0.39 is 5.69 Å². The Balaban J connectivity index is 2.20. The highest BCUT2D eigenvalue weighted by atomic mass is 16.3. The highest BCUT2D eigenvalue weighted by molar-refractivity contribution is 5.95. The van der Waals surface area contributed by atoms with E-state index >= 15 is 0 Å². The molecule has 6 nitrogen and oxygen atoms in total. The SMILES string of the molecule is Cn1c(=O)c2c(-c3ccccc3)n(-c3cc(C(C)(C)C)ccc3O)cc2n(C)c1=O. The van der Waals surface area contributed by atoms with Gasteiger partial charge in [0.25, 0.3) is 5.56 Å². The predicted octanol–water partition coefficient (Wildman–Crippen LogP) is 3.70. The lowest BCUT2D eigenvalue weighted by Gasteiger charge is -2.21. The maximum atomic E-state index is 13.1. The number of phenols is 1. The van der Waals surface area contributed by atoms with Crippen LogP contribution in [-0.2, 0) is 19.5 Å². The second-order valence-electron chi connectivity index (χ2n) is 8.63. The van der Waals surface area contributed by atoms with Gasteiger partial charge >= 0.3 is 5.69 Å². The first-order chi connectivity index (χ1) is 14.1. The molecule has 0 atom stereocenters. The molecule has 0 radical (unpaired) electrons. The minimum atomic E-state index is -0.392. The van der Waals surface area contributed by atoms with Crippen LogP contribution in [0.5, 0.6) is 5.75 Å². The van der Waals surface area contributed by atoms with Gasteiger partial charge in [-0.05, 0) is 28.7 Å². The molecular weight excluding hydrogens is 378 g/mol. The van der Waals surface area contributed by atoms with Crippen molar-refractivity contribution in [3.8, 4) is 22.7 Å². The van der Waals surface area contributed by atoms with Gasteiger partial charge in [-0.15, -0.1) is 0 Å². The van der Waals surface area contributed by atoms with Crippen LogP contribution in [0.2, 0.25) is 0 Å². The van der Waals surface area contributed by atoms with Gasteiger partial charge in [-0.25, -0.2) is 4.79 Å². The highest BCUT2D eigenvalue weighted by Gasteiger charge is 2.23. The second kappa shape index (κ2) is 6.76. The molecule has 0 saturated heterocycles. The topological polar surface area (TPSA) is 69.2 Å². The summed E-state index contributed by atoms with van der Waals surface area (Å²) in [6, 6.07) is 15.0. The molecule has 0 aliphatic rings. The van der Waals surface area contributed by atoms with Crippen LogP contribution >= 0.6 is 0 Å². The lowest BCUT2D eigenvalue weighted by Crippen LogP contribution is -2.36. The van der Waals surface area contributed by atoms with Gasteiger partial charge in [-0.1, -0.05) is 57.2 Å². The Labute approximate surface area is 174 Å². The molecule has 154 valence electrons. The van der Waals surface area contributed by atoms with Crippen LogP contribution in [0.3, 0.4) is 0 Å². The van der Waals surface area contributed by atoms with Gasteiger partial charge in [0.05, 0.1) is 22.3 Å². The third-order valence-electron chi connectivity index (χ3n) is 5.59. The standard InChI is InChI=1S/C24H25N3O3/c1-24(2,3)16-11-12-19(28)17(13-16)27-14-18-20(21(27)15-9-7-6-8-10-15)22(29)26(5)23(30)25(18)4/h6-14,28H,1-5H3. The zero-order valence-corrected chi connectivity index (χ0v) is 17.8. The summed E-state index contributed by atoms with van der Waals surface area (Å²) in [6.45, 7) is 6.31. The number of fused-ring (bicyclic) bond motifs is 1. The van der Waals surface area contributed by atoms with Crippen LogP contribution in [0.15, 0.2) is 64.3 Å². The molecule has 30 heavy (non-hydrogen) atoms. The second-order valence-corrected chi connectivity index (χ2v) is 8.63. The third-order valence-corrected chi connectivity index (χ3v) is 5.59. The largest absolute Gasteiger partial charge is 0.506 e. The Kier molecular flexibility index (Phi) is 4.45. The summed E-state index contributed by atoms with van der Waals surface area (Å²) >= 11 is 0. The molecule has 0 spiro atoms. The van der Waals surface area contributed by atoms with Crippen molar-refractivity contribution < 1.29 is 5.11 Å². The molecule has 6 heteroatoms. The summed E-state index contributed by atoms with van der Waals surface area (Å²) in [5, 5.41) is 11.2. The molecule has 2 aromatic heterocycles. The number of rotatable bonds is 2. The first-order valence-corrected chi connectivity index (χ1v) is 9.81. The van der Waals surface area contributed by atoms with Gasteiger partial charge in [0.15, 0.2) is 0 Å². The molecule has 0 unspecified atom stereocenters. The number of nitrogens with zero attached hydrogens (tertiary/aromatic N) is 3. The summed E-state index contributed by atoms with van der Waals surface area (Å²) in [5.41, 5.74) is 2.72. The van der Waals surface area contributed by atoms with Gasteiger partial charge in [0.1, 0.15) is 5.75 Å². The van der Waals surface area contributed by atoms with Crippen molar-refractivity contribution in [1.82, 2.24) is 13.7 Å². The van der Waals surface area contributed by atoms with Crippen LogP contribution in [-0.4, -0.2) is 18.8 Å². The van der Waals surface area contributed by atoms with Gasteiger partial charge in [-0.2, -0.15) is 0 Å². The quantitative estimate of drug-likeness (QED) is 0.555. The van der Waals surface area contributed by atoms with Crippen molar-refractivity contribution in [2.24, 2.45) is 14.1 Å². The Morgan fingerprint density at radius 3 is 2.20 bits per heavy atom. The molecule has 0 aliphatic carbocycles. The summed E-state index contributed by atoms with van der Waals surface area (Å²) in [6.07, 6.45) is 1.75. The molecule has 0 saturated carbocycles.